The number of nitrogens with one attached hydrogen (secondary N) is 1. The topological polar surface area (TPSA) is 145 Å². The number of phenols is 1. The zero-order chi connectivity index (χ0) is 24.5. The van der Waals surface area contributed by atoms with E-state index in [0.717, 1.165) is 5.56 Å². The molecule has 11 heteroatoms. The van der Waals surface area contributed by atoms with Gasteiger partial charge in [0, 0.05) is 11.1 Å². The quantitative estimate of drug-likeness (QED) is 0.243. The summed E-state index contributed by atoms with van der Waals surface area (Å²) in [5.41, 5.74) is 1.88. The Hall–Kier alpha value is -3.80. The van der Waals surface area contributed by atoms with Gasteiger partial charge in [-0.25, -0.2) is 8.42 Å². The molecule has 0 saturated heterocycles. The summed E-state index contributed by atoms with van der Waals surface area (Å²) >= 11 is 0. The first-order valence-electron chi connectivity index (χ1n) is 9.87. The Labute approximate surface area is 196 Å². The summed E-state index contributed by atoms with van der Waals surface area (Å²) in [4.78, 5) is -0.248. The Kier molecular flexibility index (Phi) is 6.09. The number of nitrogens with zero attached hydrogens (tertiary/aromatic N) is 2. The molecule has 0 bridgehead atoms. The van der Waals surface area contributed by atoms with Crippen molar-refractivity contribution in [2.45, 2.75) is 16.7 Å². The summed E-state index contributed by atoms with van der Waals surface area (Å²) in [5.74, 6) is -0.183. The van der Waals surface area contributed by atoms with Crippen molar-refractivity contribution in [3.8, 4) is 5.75 Å². The third-order valence-electron chi connectivity index (χ3n) is 4.96. The van der Waals surface area contributed by atoms with Crippen LogP contribution in [0.4, 0.5) is 17.1 Å². The zero-order valence-corrected chi connectivity index (χ0v) is 19.4. The van der Waals surface area contributed by atoms with Crippen LogP contribution in [0.5, 0.6) is 5.75 Å². The number of aryl methyl sites for hydroxylation is 1. The van der Waals surface area contributed by atoms with E-state index in [2.05, 4.69) is 15.0 Å². The number of hydrogen-bond donors (Lipinski definition) is 3. The van der Waals surface area contributed by atoms with Crippen LogP contribution in [0.1, 0.15) is 5.56 Å². The molecule has 0 aliphatic heterocycles. The Morgan fingerprint density at radius 3 is 2.06 bits per heavy atom. The molecule has 4 aromatic rings. The largest absolute Gasteiger partial charge is 0.506 e. The van der Waals surface area contributed by atoms with Crippen molar-refractivity contribution in [1.29, 1.82) is 0 Å². The standard InChI is InChI=1S/C23H19N3O6S2/c1-15-2-5-18(6-3-15)26-33(28,29)19-9-7-17(8-10-19)24-25-23-21-12-11-20(34(30,31)32)14-16(21)4-13-22(23)27/h2-14,26-27H,1H3,(H,30,31,32). The average Bonchev–Trinajstić information content (AvgIpc) is 2.79. The summed E-state index contributed by atoms with van der Waals surface area (Å²) in [5, 5.41) is 19.2. The molecule has 0 saturated carbocycles. The van der Waals surface area contributed by atoms with Gasteiger partial charge in [0.15, 0.2) is 0 Å². The molecule has 0 amide bonds. The van der Waals surface area contributed by atoms with Crippen LogP contribution >= 0.6 is 0 Å². The van der Waals surface area contributed by atoms with Gasteiger partial charge < -0.3 is 5.11 Å². The molecular weight excluding hydrogens is 478 g/mol. The second kappa shape index (κ2) is 8.86. The van der Waals surface area contributed by atoms with Gasteiger partial charge in [0.05, 0.1) is 15.5 Å². The third-order valence-corrected chi connectivity index (χ3v) is 7.20. The lowest BCUT2D eigenvalue weighted by Gasteiger charge is -2.08. The fourth-order valence-electron chi connectivity index (χ4n) is 3.18. The number of azo groups is 1. The number of anilines is 1. The SMILES string of the molecule is Cc1ccc(NS(=O)(=O)c2ccc(N=Nc3c(O)ccc4cc(S(=O)(=O)O)ccc34)cc2)cc1. The molecule has 4 rings (SSSR count). The Balaban J connectivity index is 1.60. The molecule has 0 spiro atoms. The van der Waals surface area contributed by atoms with Crippen molar-refractivity contribution in [2.24, 2.45) is 10.2 Å². The van der Waals surface area contributed by atoms with E-state index in [4.69, 9.17) is 0 Å². The van der Waals surface area contributed by atoms with Gasteiger partial charge in [-0.2, -0.15) is 13.5 Å². The Morgan fingerprint density at radius 2 is 1.41 bits per heavy atom. The van der Waals surface area contributed by atoms with Gasteiger partial charge in [0.2, 0.25) is 0 Å². The lowest BCUT2D eigenvalue weighted by molar-refractivity contribution is 0.477. The van der Waals surface area contributed by atoms with Crippen LogP contribution in [0, 0.1) is 6.92 Å². The Bertz CT molecular complexity index is 1610. The zero-order valence-electron chi connectivity index (χ0n) is 17.7. The number of fused-ring (bicyclic) bond motifs is 1. The molecule has 0 heterocycles. The maximum Gasteiger partial charge on any atom is 0.294 e. The highest BCUT2D eigenvalue weighted by Gasteiger charge is 2.15. The van der Waals surface area contributed by atoms with Crippen LogP contribution in [0.2, 0.25) is 0 Å². The summed E-state index contributed by atoms with van der Waals surface area (Å²) < 4.78 is 59.7. The van der Waals surface area contributed by atoms with Gasteiger partial charge in [0.25, 0.3) is 20.1 Å². The van der Waals surface area contributed by atoms with E-state index in [1.807, 2.05) is 6.92 Å². The molecule has 0 aliphatic carbocycles. The van der Waals surface area contributed by atoms with Crippen molar-refractivity contribution >= 4 is 48.0 Å². The second-order valence-electron chi connectivity index (χ2n) is 7.46. The van der Waals surface area contributed by atoms with Crippen LogP contribution < -0.4 is 4.72 Å². The number of hydrogen-bond acceptors (Lipinski definition) is 7. The summed E-state index contributed by atoms with van der Waals surface area (Å²) in [7, 11) is -8.18. The molecule has 34 heavy (non-hydrogen) atoms. The first kappa shape index (κ1) is 23.4. The first-order chi connectivity index (χ1) is 16.0. The van der Waals surface area contributed by atoms with Gasteiger partial charge in [0.1, 0.15) is 11.4 Å². The predicted octanol–water partition coefficient (Wildman–Crippen LogP) is 5.32. The van der Waals surface area contributed by atoms with Crippen LogP contribution in [0.15, 0.2) is 98.9 Å². The van der Waals surface area contributed by atoms with Crippen LogP contribution in [-0.4, -0.2) is 26.5 Å². The molecule has 0 atom stereocenters. The summed E-state index contributed by atoms with van der Waals surface area (Å²) in [6.07, 6.45) is 0. The fraction of sp³-hybridized carbons (Fsp3) is 0.0435. The van der Waals surface area contributed by atoms with Crippen molar-refractivity contribution in [3.63, 3.8) is 0 Å². The molecule has 174 valence electrons. The fourth-order valence-corrected chi connectivity index (χ4v) is 4.76. The number of aromatic hydroxyl groups is 1. The van der Waals surface area contributed by atoms with Crippen LogP contribution in [0.3, 0.4) is 0 Å². The highest BCUT2D eigenvalue weighted by Crippen LogP contribution is 2.37. The predicted molar refractivity (Wildman–Crippen MR) is 128 cm³/mol. The third kappa shape index (κ3) is 5.06. The molecule has 0 aliphatic rings. The molecule has 9 nitrogen and oxygen atoms in total. The maximum atomic E-state index is 12.6. The summed E-state index contributed by atoms with van der Waals surface area (Å²) in [6, 6.07) is 19.3. The molecule has 0 radical (unpaired) electrons. The normalized spacial score (nSPS) is 12.3. The van der Waals surface area contributed by atoms with E-state index in [9.17, 15) is 26.5 Å². The number of benzene rings is 4. The average molecular weight is 498 g/mol. The lowest BCUT2D eigenvalue weighted by atomic mass is 10.1. The molecular formula is C23H19N3O6S2. The van der Waals surface area contributed by atoms with Crippen molar-refractivity contribution in [3.05, 3.63) is 84.4 Å². The van der Waals surface area contributed by atoms with E-state index < -0.39 is 20.1 Å². The number of phenolic OH excluding ortho intramolecular Hbond substituents is 1. The highest BCUT2D eigenvalue weighted by atomic mass is 32.2. The minimum Gasteiger partial charge on any atom is -0.506 e. The van der Waals surface area contributed by atoms with Crippen LogP contribution in [-0.2, 0) is 20.1 Å². The first-order valence-corrected chi connectivity index (χ1v) is 12.8. The second-order valence-corrected chi connectivity index (χ2v) is 10.6. The van der Waals surface area contributed by atoms with E-state index in [-0.39, 0.29) is 21.2 Å². The van der Waals surface area contributed by atoms with E-state index in [1.165, 1.54) is 54.6 Å². The highest BCUT2D eigenvalue weighted by molar-refractivity contribution is 7.92. The van der Waals surface area contributed by atoms with Gasteiger partial charge in [-0.1, -0.05) is 29.8 Å². The van der Waals surface area contributed by atoms with E-state index >= 15 is 0 Å². The summed E-state index contributed by atoms with van der Waals surface area (Å²) in [6.45, 7) is 1.90. The molecule has 0 unspecified atom stereocenters. The molecule has 3 N–H and O–H groups in total. The molecule has 0 aromatic heterocycles. The van der Waals surface area contributed by atoms with Crippen LogP contribution in [0.25, 0.3) is 10.8 Å². The van der Waals surface area contributed by atoms with Gasteiger partial charge in [-0.3, -0.25) is 9.27 Å². The van der Waals surface area contributed by atoms with Crippen molar-refractivity contribution in [2.75, 3.05) is 4.72 Å². The lowest BCUT2D eigenvalue weighted by Crippen LogP contribution is -2.12. The number of sulfonamides is 1. The number of rotatable bonds is 6. The Morgan fingerprint density at radius 1 is 0.765 bits per heavy atom. The monoisotopic (exact) mass is 497 g/mol. The van der Waals surface area contributed by atoms with E-state index in [0.29, 0.717) is 22.1 Å². The van der Waals surface area contributed by atoms with Crippen molar-refractivity contribution < 1.29 is 26.5 Å². The van der Waals surface area contributed by atoms with Crippen molar-refractivity contribution in [1.82, 2.24) is 0 Å². The van der Waals surface area contributed by atoms with Gasteiger partial charge in [-0.15, -0.1) is 5.11 Å². The van der Waals surface area contributed by atoms with Gasteiger partial charge in [-0.05, 0) is 66.9 Å². The maximum absolute atomic E-state index is 12.6. The molecule has 0 fully saturated rings. The minimum atomic E-state index is -4.38. The van der Waals surface area contributed by atoms with Gasteiger partial charge >= 0.3 is 0 Å². The smallest absolute Gasteiger partial charge is 0.294 e. The molecule has 4 aromatic carbocycles. The minimum absolute atomic E-state index is 0.0396. The van der Waals surface area contributed by atoms with E-state index in [1.54, 1.807) is 24.3 Å².